The number of hydrogen-bond donors (Lipinski definition) is 5. The fourth-order valence-electron chi connectivity index (χ4n) is 2.84. The van der Waals surface area contributed by atoms with Crippen LogP contribution in [0.2, 0.25) is 0 Å². The largest absolute Gasteiger partial charge is 0.384 e. The number of aliphatic hydroxyl groups is 1. The Hall–Kier alpha value is -2.68. The number of nitrogens with one attached hydrogen (secondary N) is 2. The zero-order valence-electron chi connectivity index (χ0n) is 17.8. The maximum absolute atomic E-state index is 14.4. The number of nitrogens with zero attached hydrogens (tertiary/aromatic N) is 2. The highest BCUT2D eigenvalue weighted by Crippen LogP contribution is 2.42. The number of anilines is 1. The third-order valence-corrected chi connectivity index (χ3v) is 4.89. The molecule has 0 unspecified atom stereocenters. The molecule has 1 aromatic heterocycles. The van der Waals surface area contributed by atoms with Crippen molar-refractivity contribution in [2.45, 2.75) is 57.2 Å². The van der Waals surface area contributed by atoms with Gasteiger partial charge in [-0.2, -0.15) is 13.8 Å². The second kappa shape index (κ2) is 10.3. The summed E-state index contributed by atoms with van der Waals surface area (Å²) in [6.45, 7) is 4.05. The molecule has 5 atom stereocenters. The van der Waals surface area contributed by atoms with Crippen LogP contribution >= 0.6 is 0 Å². The van der Waals surface area contributed by atoms with Crippen LogP contribution in [0.25, 0.3) is 0 Å². The standard InChI is InChI=1S/C18H28F2N6O6/c1-8(2)12(22)15(29)24-9(3)14(28)23-7-31-6-10-13(27)18(19,20)16(32-10)26-5-4-11(21)25-17(26)30/h4-5,8-10,12-13,16,27H,6-7,22H2,1-3H3,(H,23,28)(H,24,29)(H2,21,25,30)/t9-,10+,12-,13+,16+/m0/s1. The molecule has 14 heteroatoms. The van der Waals surface area contributed by atoms with Gasteiger partial charge in [0.25, 0.3) is 0 Å². The Kier molecular flexibility index (Phi) is 8.23. The molecule has 0 bridgehead atoms. The van der Waals surface area contributed by atoms with Gasteiger partial charge >= 0.3 is 11.6 Å². The van der Waals surface area contributed by atoms with Crippen LogP contribution in [0.5, 0.6) is 0 Å². The summed E-state index contributed by atoms with van der Waals surface area (Å²) in [7, 11) is 0. The Balaban J connectivity index is 1.86. The van der Waals surface area contributed by atoms with Crippen molar-refractivity contribution in [3.05, 3.63) is 22.7 Å². The maximum Gasteiger partial charge on any atom is 0.351 e. The molecule has 7 N–H and O–H groups in total. The van der Waals surface area contributed by atoms with E-state index in [0.29, 0.717) is 4.57 Å². The third kappa shape index (κ3) is 5.76. The molecule has 0 aliphatic carbocycles. The van der Waals surface area contributed by atoms with E-state index in [4.69, 9.17) is 20.9 Å². The molecule has 1 saturated heterocycles. The van der Waals surface area contributed by atoms with Gasteiger partial charge < -0.3 is 36.7 Å². The van der Waals surface area contributed by atoms with Gasteiger partial charge in [0.1, 0.15) is 24.7 Å². The van der Waals surface area contributed by atoms with Gasteiger partial charge in [0, 0.05) is 6.20 Å². The van der Waals surface area contributed by atoms with Crippen molar-refractivity contribution in [3.63, 3.8) is 0 Å². The van der Waals surface area contributed by atoms with E-state index in [-0.39, 0.29) is 11.7 Å². The highest BCUT2D eigenvalue weighted by molar-refractivity contribution is 5.89. The van der Waals surface area contributed by atoms with E-state index in [1.165, 1.54) is 6.92 Å². The van der Waals surface area contributed by atoms with E-state index < -0.39 is 67.3 Å². The van der Waals surface area contributed by atoms with Crippen molar-refractivity contribution in [2.75, 3.05) is 19.1 Å². The molecule has 1 aliphatic heterocycles. The highest BCUT2D eigenvalue weighted by Gasteiger charge is 2.59. The molecule has 0 spiro atoms. The first-order chi connectivity index (χ1) is 14.9. The first kappa shape index (κ1) is 25.6. The van der Waals surface area contributed by atoms with Crippen LogP contribution in [0, 0.1) is 5.92 Å². The Morgan fingerprint density at radius 1 is 1.38 bits per heavy atom. The Morgan fingerprint density at radius 3 is 2.62 bits per heavy atom. The number of amides is 2. The van der Waals surface area contributed by atoms with Gasteiger partial charge in [0.05, 0.1) is 12.6 Å². The van der Waals surface area contributed by atoms with E-state index in [9.17, 15) is 28.3 Å². The quantitative estimate of drug-likeness (QED) is 0.211. The number of nitrogen functional groups attached to an aromatic ring is 1. The lowest BCUT2D eigenvalue weighted by Gasteiger charge is -2.20. The number of carbonyl (C=O) groups is 2. The molecule has 1 aromatic rings. The summed E-state index contributed by atoms with van der Waals surface area (Å²) in [4.78, 5) is 39.1. The first-order valence-corrected chi connectivity index (χ1v) is 9.83. The van der Waals surface area contributed by atoms with E-state index in [1.807, 2.05) is 0 Å². The van der Waals surface area contributed by atoms with Crippen molar-refractivity contribution < 1.29 is 33.0 Å². The lowest BCUT2D eigenvalue weighted by atomic mass is 10.0. The summed E-state index contributed by atoms with van der Waals surface area (Å²) in [5.41, 5.74) is 9.98. The zero-order chi connectivity index (χ0) is 24.2. The molecule has 2 rings (SSSR count). The van der Waals surface area contributed by atoms with Crippen molar-refractivity contribution in [1.82, 2.24) is 20.2 Å². The molecule has 2 amide bonds. The average molecular weight is 462 g/mol. The normalized spacial score (nSPS) is 24.2. The topological polar surface area (TPSA) is 184 Å². The number of alkyl halides is 2. The van der Waals surface area contributed by atoms with Gasteiger partial charge in [-0.15, -0.1) is 0 Å². The second-order valence-electron chi connectivity index (χ2n) is 7.74. The van der Waals surface area contributed by atoms with Crippen molar-refractivity contribution in [2.24, 2.45) is 11.7 Å². The van der Waals surface area contributed by atoms with E-state index in [1.54, 1.807) is 13.8 Å². The van der Waals surface area contributed by atoms with Gasteiger partial charge in [-0.3, -0.25) is 14.2 Å². The van der Waals surface area contributed by atoms with Gasteiger partial charge in [-0.05, 0) is 18.9 Å². The molecule has 12 nitrogen and oxygen atoms in total. The van der Waals surface area contributed by atoms with Crippen molar-refractivity contribution >= 4 is 17.6 Å². The Morgan fingerprint density at radius 2 is 2.03 bits per heavy atom. The number of hydrogen-bond acceptors (Lipinski definition) is 9. The SMILES string of the molecule is CC(C)[C@H](N)C(=O)N[C@@H](C)C(=O)NCOC[C@H]1O[C@@H](n2ccc(N)nc2=O)C(F)(F)[C@@H]1O. The summed E-state index contributed by atoms with van der Waals surface area (Å²) in [5, 5.41) is 14.7. The van der Waals surface area contributed by atoms with Crippen LogP contribution in [0.1, 0.15) is 27.0 Å². The van der Waals surface area contributed by atoms with Crippen LogP contribution in [0.15, 0.2) is 17.1 Å². The number of carbonyl (C=O) groups excluding carboxylic acids is 2. The number of aliphatic hydroxyl groups excluding tert-OH is 1. The highest BCUT2D eigenvalue weighted by atomic mass is 19.3. The second-order valence-corrected chi connectivity index (χ2v) is 7.74. The van der Waals surface area contributed by atoms with Gasteiger partial charge in [0.2, 0.25) is 18.0 Å². The molecule has 2 heterocycles. The average Bonchev–Trinajstić information content (AvgIpc) is 2.93. The number of halogens is 2. The lowest BCUT2D eigenvalue weighted by molar-refractivity contribution is -0.141. The van der Waals surface area contributed by atoms with E-state index >= 15 is 0 Å². The summed E-state index contributed by atoms with van der Waals surface area (Å²) in [6, 6.07) is -0.552. The maximum atomic E-state index is 14.4. The Bertz CT molecular complexity index is 882. The minimum atomic E-state index is -3.81. The van der Waals surface area contributed by atoms with Crippen LogP contribution in [0.3, 0.4) is 0 Å². The first-order valence-electron chi connectivity index (χ1n) is 9.83. The molecule has 32 heavy (non-hydrogen) atoms. The molecule has 0 radical (unpaired) electrons. The molecule has 0 aromatic carbocycles. The predicted octanol–water partition coefficient (Wildman–Crippen LogP) is -1.70. The van der Waals surface area contributed by atoms with Crippen molar-refractivity contribution in [1.29, 1.82) is 0 Å². The summed E-state index contributed by atoms with van der Waals surface area (Å²) in [5.74, 6) is -5.17. The molecular formula is C18H28F2N6O6. The summed E-state index contributed by atoms with van der Waals surface area (Å²) in [6.07, 6.45) is -4.89. The summed E-state index contributed by atoms with van der Waals surface area (Å²) < 4.78 is 39.6. The minimum absolute atomic E-state index is 0.117. The van der Waals surface area contributed by atoms with Crippen LogP contribution < -0.4 is 27.8 Å². The van der Waals surface area contributed by atoms with Crippen molar-refractivity contribution in [3.8, 4) is 0 Å². The van der Waals surface area contributed by atoms with E-state index in [2.05, 4.69) is 15.6 Å². The monoisotopic (exact) mass is 462 g/mol. The van der Waals surface area contributed by atoms with E-state index in [0.717, 1.165) is 12.3 Å². The van der Waals surface area contributed by atoms with Gasteiger partial charge in [-0.1, -0.05) is 13.8 Å². The molecule has 1 aliphatic rings. The third-order valence-electron chi connectivity index (χ3n) is 4.89. The number of aromatic nitrogens is 2. The zero-order valence-corrected chi connectivity index (χ0v) is 17.8. The summed E-state index contributed by atoms with van der Waals surface area (Å²) >= 11 is 0. The van der Waals surface area contributed by atoms with Gasteiger partial charge in [-0.25, -0.2) is 4.79 Å². The lowest BCUT2D eigenvalue weighted by Crippen LogP contribution is -2.52. The molecule has 180 valence electrons. The Labute approximate surface area is 182 Å². The predicted molar refractivity (Wildman–Crippen MR) is 107 cm³/mol. The van der Waals surface area contributed by atoms with Gasteiger partial charge in [0.15, 0.2) is 6.10 Å². The van der Waals surface area contributed by atoms with Crippen LogP contribution in [-0.2, 0) is 19.1 Å². The molecule has 0 saturated carbocycles. The number of nitrogens with two attached hydrogens (primary N) is 2. The number of ether oxygens (including phenoxy) is 2. The smallest absolute Gasteiger partial charge is 0.351 e. The van der Waals surface area contributed by atoms with Crippen LogP contribution in [0.4, 0.5) is 14.6 Å². The fourth-order valence-corrected chi connectivity index (χ4v) is 2.84. The minimum Gasteiger partial charge on any atom is -0.384 e. The number of rotatable bonds is 9. The molecular weight excluding hydrogens is 434 g/mol. The van der Waals surface area contributed by atoms with Crippen LogP contribution in [-0.4, -0.2) is 70.0 Å². The molecule has 1 fully saturated rings. The fraction of sp³-hybridized carbons (Fsp3) is 0.667.